The van der Waals surface area contributed by atoms with Crippen molar-refractivity contribution in [2.45, 2.75) is 26.1 Å². The molecule has 35 heavy (non-hydrogen) atoms. The molecule has 0 saturated carbocycles. The van der Waals surface area contributed by atoms with E-state index in [1.165, 1.54) is 0 Å². The number of ketones is 1. The smallest absolute Gasteiger partial charge is 0.210 e. The molecule has 2 aromatic heterocycles. The first kappa shape index (κ1) is 22.5. The Labute approximate surface area is 203 Å². The Hall–Kier alpha value is -4.26. The van der Waals surface area contributed by atoms with Crippen LogP contribution in [0.4, 0.5) is 0 Å². The van der Waals surface area contributed by atoms with Crippen molar-refractivity contribution >= 4 is 22.8 Å². The molecule has 0 amide bonds. The summed E-state index contributed by atoms with van der Waals surface area (Å²) < 4.78 is 24.5. The zero-order valence-corrected chi connectivity index (χ0v) is 20.1. The Balaban J connectivity index is 1.37. The Morgan fingerprint density at radius 1 is 0.886 bits per heavy atom. The van der Waals surface area contributed by atoms with Gasteiger partial charge in [0.15, 0.2) is 5.60 Å². The summed E-state index contributed by atoms with van der Waals surface area (Å²) in [7, 11) is 3.25. The highest BCUT2D eigenvalue weighted by Crippen LogP contribution is 2.41. The number of ether oxygens (including phenoxy) is 4. The lowest BCUT2D eigenvalue weighted by molar-refractivity contribution is -0.125. The number of imidazole rings is 1. The van der Waals surface area contributed by atoms with Crippen LogP contribution in [0.2, 0.25) is 0 Å². The maximum absolute atomic E-state index is 13.2. The van der Waals surface area contributed by atoms with Crippen molar-refractivity contribution < 1.29 is 23.7 Å². The number of methoxy groups -OCH3 is 2. The molecule has 0 fully saturated rings. The fourth-order valence-corrected chi connectivity index (χ4v) is 4.05. The van der Waals surface area contributed by atoms with E-state index >= 15 is 0 Å². The molecule has 0 spiro atoms. The molecule has 0 saturated heterocycles. The second-order valence-electron chi connectivity index (χ2n) is 8.75. The molecule has 0 radical (unpaired) electrons. The second-order valence-corrected chi connectivity index (χ2v) is 8.75. The summed E-state index contributed by atoms with van der Waals surface area (Å²) in [6.07, 6.45) is 3.82. The van der Waals surface area contributed by atoms with Crippen LogP contribution in [-0.2, 0) is 16.1 Å². The minimum atomic E-state index is -0.939. The third kappa shape index (κ3) is 4.33. The van der Waals surface area contributed by atoms with Crippen molar-refractivity contribution in [3.05, 3.63) is 89.9 Å². The minimum Gasteiger partial charge on any atom is -0.497 e. The number of pyridine rings is 1. The van der Waals surface area contributed by atoms with Crippen molar-refractivity contribution in [1.29, 1.82) is 0 Å². The van der Waals surface area contributed by atoms with E-state index in [9.17, 15) is 4.79 Å². The number of Topliss-reactive ketones (excluding diaryl/α,β-unsaturated/α-hetero) is 1. The van der Waals surface area contributed by atoms with Crippen molar-refractivity contribution in [1.82, 2.24) is 9.38 Å². The number of benzene rings is 2. The summed E-state index contributed by atoms with van der Waals surface area (Å²) in [6, 6.07) is 18.7. The zero-order valence-electron chi connectivity index (χ0n) is 20.1. The number of carbonyl (C=O) groups is 1. The van der Waals surface area contributed by atoms with E-state index in [0.29, 0.717) is 23.7 Å². The van der Waals surface area contributed by atoms with E-state index in [2.05, 4.69) is 4.98 Å². The quantitative estimate of drug-likeness (QED) is 0.371. The number of fused-ring (bicyclic) bond motifs is 1. The third-order valence-electron chi connectivity index (χ3n) is 5.96. The number of aromatic nitrogens is 2. The van der Waals surface area contributed by atoms with Crippen LogP contribution in [0, 0.1) is 0 Å². The van der Waals surface area contributed by atoms with Gasteiger partial charge in [0.2, 0.25) is 5.78 Å². The average Bonchev–Trinajstić information content (AvgIpc) is 3.40. The van der Waals surface area contributed by atoms with Crippen molar-refractivity contribution in [2.75, 3.05) is 14.2 Å². The standard InChI is InChI=1S/C28H26N2O5/c1-28(2)27(31)25(26(35-28)19-7-9-21(32-3)10-8-19)18-5-11-22(12-6-18)34-17-20-16-30-14-13-23(33-4)15-24(30)29-20/h5-16H,17H2,1-4H3. The average molecular weight is 471 g/mol. The molecule has 0 atom stereocenters. The van der Waals surface area contributed by atoms with Crippen LogP contribution in [0.3, 0.4) is 0 Å². The molecule has 178 valence electrons. The van der Waals surface area contributed by atoms with E-state index in [1.54, 1.807) is 28.1 Å². The summed E-state index contributed by atoms with van der Waals surface area (Å²) in [5, 5.41) is 0. The first-order valence-corrected chi connectivity index (χ1v) is 11.3. The molecule has 5 rings (SSSR count). The number of carbonyl (C=O) groups excluding carboxylic acids is 1. The van der Waals surface area contributed by atoms with Gasteiger partial charge in [-0.15, -0.1) is 0 Å². The Morgan fingerprint density at radius 2 is 1.54 bits per heavy atom. The van der Waals surface area contributed by atoms with Gasteiger partial charge in [-0.25, -0.2) is 4.98 Å². The second kappa shape index (κ2) is 8.83. The highest BCUT2D eigenvalue weighted by Gasteiger charge is 2.42. The van der Waals surface area contributed by atoms with Crippen molar-refractivity contribution in [3.8, 4) is 17.2 Å². The van der Waals surface area contributed by atoms with Gasteiger partial charge in [0.25, 0.3) is 0 Å². The highest BCUT2D eigenvalue weighted by molar-refractivity contribution is 6.32. The van der Waals surface area contributed by atoms with Gasteiger partial charge in [0.1, 0.15) is 35.3 Å². The van der Waals surface area contributed by atoms with Gasteiger partial charge in [-0.1, -0.05) is 12.1 Å². The lowest BCUT2D eigenvalue weighted by Crippen LogP contribution is -2.29. The monoisotopic (exact) mass is 470 g/mol. The fourth-order valence-electron chi connectivity index (χ4n) is 4.05. The molecular weight excluding hydrogens is 444 g/mol. The minimum absolute atomic E-state index is 0.0582. The molecule has 7 heteroatoms. The molecule has 0 aliphatic carbocycles. The summed E-state index contributed by atoms with van der Waals surface area (Å²) in [4.78, 5) is 17.8. The zero-order chi connectivity index (χ0) is 24.6. The summed E-state index contributed by atoms with van der Waals surface area (Å²) >= 11 is 0. The lowest BCUT2D eigenvalue weighted by Gasteiger charge is -2.17. The molecule has 0 unspecified atom stereocenters. The van der Waals surface area contributed by atoms with Gasteiger partial charge in [-0.2, -0.15) is 0 Å². The van der Waals surface area contributed by atoms with E-state index in [4.69, 9.17) is 18.9 Å². The van der Waals surface area contributed by atoms with Crippen LogP contribution in [0.25, 0.3) is 17.0 Å². The van der Waals surface area contributed by atoms with Gasteiger partial charge in [0, 0.05) is 24.0 Å². The molecule has 1 aliphatic heterocycles. The normalized spacial score (nSPS) is 14.8. The first-order valence-electron chi connectivity index (χ1n) is 11.3. The molecule has 7 nitrogen and oxygen atoms in total. The predicted octanol–water partition coefficient (Wildman–Crippen LogP) is 5.18. The summed E-state index contributed by atoms with van der Waals surface area (Å²) in [5.74, 6) is 2.68. The summed E-state index contributed by atoms with van der Waals surface area (Å²) in [6.45, 7) is 3.89. The fraction of sp³-hybridized carbons (Fsp3) is 0.214. The predicted molar refractivity (Wildman–Crippen MR) is 132 cm³/mol. The van der Waals surface area contributed by atoms with Gasteiger partial charge >= 0.3 is 0 Å². The van der Waals surface area contributed by atoms with Crippen molar-refractivity contribution in [3.63, 3.8) is 0 Å². The largest absolute Gasteiger partial charge is 0.497 e. The molecule has 4 aromatic rings. The van der Waals surface area contributed by atoms with Gasteiger partial charge in [-0.05, 0) is 61.9 Å². The Kier molecular flexibility index (Phi) is 5.68. The molecule has 3 heterocycles. The Bertz CT molecular complexity index is 1420. The summed E-state index contributed by atoms with van der Waals surface area (Å²) in [5.41, 5.74) is 2.81. The van der Waals surface area contributed by atoms with Crippen LogP contribution in [0.1, 0.15) is 30.7 Å². The third-order valence-corrected chi connectivity index (χ3v) is 5.96. The SMILES string of the molecule is COc1ccc(C2=C(c3ccc(OCc4cn5ccc(OC)cc5n4)cc3)C(=O)C(C)(C)O2)cc1. The maximum Gasteiger partial charge on any atom is 0.210 e. The van der Waals surface area contributed by atoms with Gasteiger partial charge in [0.05, 0.1) is 25.5 Å². The van der Waals surface area contributed by atoms with Crippen LogP contribution in [-0.4, -0.2) is 35.0 Å². The first-order chi connectivity index (χ1) is 16.9. The van der Waals surface area contributed by atoms with E-state index in [-0.39, 0.29) is 5.78 Å². The van der Waals surface area contributed by atoms with Gasteiger partial charge in [-0.3, -0.25) is 4.79 Å². The molecule has 0 bridgehead atoms. The molecule has 1 aliphatic rings. The molecular formula is C28H26N2O5. The highest BCUT2D eigenvalue weighted by atomic mass is 16.5. The number of hydrogen-bond donors (Lipinski definition) is 0. The molecule has 2 aromatic carbocycles. The van der Waals surface area contributed by atoms with E-state index in [0.717, 1.165) is 34.0 Å². The van der Waals surface area contributed by atoms with Crippen LogP contribution in [0.15, 0.2) is 73.1 Å². The van der Waals surface area contributed by atoms with Crippen LogP contribution < -0.4 is 14.2 Å². The van der Waals surface area contributed by atoms with E-state index in [1.807, 2.05) is 77.5 Å². The van der Waals surface area contributed by atoms with E-state index < -0.39 is 5.60 Å². The van der Waals surface area contributed by atoms with Crippen molar-refractivity contribution in [2.24, 2.45) is 0 Å². The number of nitrogens with zero attached hydrogens (tertiary/aromatic N) is 2. The maximum atomic E-state index is 13.2. The number of rotatable bonds is 7. The molecule has 0 N–H and O–H groups in total. The topological polar surface area (TPSA) is 71.3 Å². The number of hydrogen-bond acceptors (Lipinski definition) is 6. The Morgan fingerprint density at radius 3 is 2.23 bits per heavy atom. The van der Waals surface area contributed by atoms with Crippen LogP contribution >= 0.6 is 0 Å². The van der Waals surface area contributed by atoms with Crippen LogP contribution in [0.5, 0.6) is 17.2 Å². The lowest BCUT2D eigenvalue weighted by atomic mass is 9.92. The van der Waals surface area contributed by atoms with Gasteiger partial charge < -0.3 is 23.3 Å².